The maximum Gasteiger partial charge on any atom is 0.337 e. The van der Waals surface area contributed by atoms with Crippen LogP contribution in [0.15, 0.2) is 109 Å². The molecule has 4 aromatic carbocycles. The average Bonchev–Trinajstić information content (AvgIpc) is 3.73. The number of nitrogens with one attached hydrogen (secondary N) is 1. The SMILES string of the molecule is COC(=O)c1ccc(C2NCCC3=C2Cc2ccccc23)cc1.COC(=O)c1ccc(C=O)cc1.NCCC1=CCc2ccccc21. The molecule has 0 amide bonds. The van der Waals surface area contributed by atoms with Crippen LogP contribution in [0.3, 0.4) is 0 Å². The molecule has 7 rings (SSSR count). The van der Waals surface area contributed by atoms with Crippen LogP contribution in [0.1, 0.15) is 77.8 Å². The molecule has 4 aromatic rings. The third-order valence-electron chi connectivity index (χ3n) is 8.66. The third kappa shape index (κ3) is 7.83. The first-order valence-corrected chi connectivity index (χ1v) is 15.8. The monoisotopic (exact) mass is 628 g/mol. The Morgan fingerprint density at radius 2 is 1.40 bits per heavy atom. The van der Waals surface area contributed by atoms with Crippen molar-refractivity contribution in [2.45, 2.75) is 31.7 Å². The lowest BCUT2D eigenvalue weighted by Crippen LogP contribution is -2.28. The highest BCUT2D eigenvalue weighted by atomic mass is 16.5. The molecule has 0 saturated heterocycles. The summed E-state index contributed by atoms with van der Waals surface area (Å²) in [7, 11) is 2.72. The van der Waals surface area contributed by atoms with Gasteiger partial charge in [-0.15, -0.1) is 0 Å². The topological polar surface area (TPSA) is 108 Å². The highest BCUT2D eigenvalue weighted by Gasteiger charge is 2.30. The number of carbonyl (C=O) groups is 3. The van der Waals surface area contributed by atoms with Crippen LogP contribution in [-0.2, 0) is 22.3 Å². The largest absolute Gasteiger partial charge is 0.465 e. The fourth-order valence-corrected chi connectivity index (χ4v) is 6.30. The molecule has 0 aromatic heterocycles. The van der Waals surface area contributed by atoms with Gasteiger partial charge in [0.05, 0.1) is 31.4 Å². The first-order chi connectivity index (χ1) is 23.0. The molecular formula is C40H40N2O5. The van der Waals surface area contributed by atoms with Gasteiger partial charge in [-0.3, -0.25) is 4.79 Å². The Kier molecular flexibility index (Phi) is 11.3. The number of ether oxygens (including phenoxy) is 2. The Balaban J connectivity index is 0.000000153. The van der Waals surface area contributed by atoms with Gasteiger partial charge in [0, 0.05) is 12.1 Å². The van der Waals surface area contributed by atoms with Gasteiger partial charge in [0.25, 0.3) is 0 Å². The van der Waals surface area contributed by atoms with Crippen molar-refractivity contribution < 1.29 is 23.9 Å². The van der Waals surface area contributed by atoms with Crippen LogP contribution in [0.25, 0.3) is 11.1 Å². The van der Waals surface area contributed by atoms with Gasteiger partial charge < -0.3 is 20.5 Å². The summed E-state index contributed by atoms with van der Waals surface area (Å²) in [6.07, 6.45) is 7.21. The Morgan fingerprint density at radius 1 is 0.809 bits per heavy atom. The number of benzene rings is 4. The fraction of sp³-hybridized carbons (Fsp3) is 0.225. The van der Waals surface area contributed by atoms with E-state index in [1.807, 2.05) is 24.3 Å². The molecule has 1 unspecified atom stereocenters. The number of allylic oxidation sites excluding steroid dienone is 1. The van der Waals surface area contributed by atoms with Crippen molar-refractivity contribution in [3.05, 3.63) is 153 Å². The van der Waals surface area contributed by atoms with Gasteiger partial charge in [0.2, 0.25) is 0 Å². The smallest absolute Gasteiger partial charge is 0.337 e. The predicted octanol–water partition coefficient (Wildman–Crippen LogP) is 6.78. The summed E-state index contributed by atoms with van der Waals surface area (Å²) in [4.78, 5) is 32.7. The molecule has 2 aliphatic carbocycles. The Labute approximate surface area is 276 Å². The molecular weight excluding hydrogens is 588 g/mol. The number of hydrogen-bond acceptors (Lipinski definition) is 7. The van der Waals surface area contributed by atoms with Crippen LogP contribution in [0.2, 0.25) is 0 Å². The number of fused-ring (bicyclic) bond motifs is 3. The number of hydrogen-bond donors (Lipinski definition) is 2. The summed E-state index contributed by atoms with van der Waals surface area (Å²) in [5.41, 5.74) is 18.4. The second kappa shape index (κ2) is 15.9. The first-order valence-electron chi connectivity index (χ1n) is 15.8. The minimum Gasteiger partial charge on any atom is -0.465 e. The van der Waals surface area contributed by atoms with Crippen molar-refractivity contribution in [2.24, 2.45) is 5.73 Å². The zero-order valence-corrected chi connectivity index (χ0v) is 26.8. The molecule has 0 spiro atoms. The van der Waals surface area contributed by atoms with Gasteiger partial charge in [-0.25, -0.2) is 9.59 Å². The van der Waals surface area contributed by atoms with Crippen LogP contribution in [0.5, 0.6) is 0 Å². The van der Waals surface area contributed by atoms with Crippen LogP contribution in [0, 0.1) is 0 Å². The molecule has 0 radical (unpaired) electrons. The van der Waals surface area contributed by atoms with Crippen molar-refractivity contribution >= 4 is 29.4 Å². The zero-order chi connectivity index (χ0) is 33.2. The van der Waals surface area contributed by atoms with Crippen LogP contribution in [0.4, 0.5) is 0 Å². The van der Waals surface area contributed by atoms with E-state index < -0.39 is 5.97 Å². The van der Waals surface area contributed by atoms with Crippen molar-refractivity contribution in [2.75, 3.05) is 27.3 Å². The first kappa shape index (κ1) is 33.3. The lowest BCUT2D eigenvalue weighted by molar-refractivity contribution is 0.0592. The Hall–Kier alpha value is -5.11. The fourth-order valence-electron chi connectivity index (χ4n) is 6.30. The van der Waals surface area contributed by atoms with Crippen LogP contribution >= 0.6 is 0 Å². The summed E-state index contributed by atoms with van der Waals surface area (Å²) in [6, 6.07) is 31.5. The molecule has 3 aliphatic rings. The zero-order valence-electron chi connectivity index (χ0n) is 26.8. The number of methoxy groups -OCH3 is 2. The molecule has 1 heterocycles. The molecule has 0 saturated carbocycles. The molecule has 0 fully saturated rings. The van der Waals surface area contributed by atoms with E-state index in [2.05, 4.69) is 64.7 Å². The maximum atomic E-state index is 11.6. The van der Waals surface area contributed by atoms with Crippen LogP contribution < -0.4 is 11.1 Å². The molecule has 7 nitrogen and oxygen atoms in total. The highest BCUT2D eigenvalue weighted by Crippen LogP contribution is 2.43. The summed E-state index contributed by atoms with van der Waals surface area (Å²) in [5.74, 6) is -0.686. The second-order valence-corrected chi connectivity index (χ2v) is 11.4. The lowest BCUT2D eigenvalue weighted by atomic mass is 9.90. The Bertz CT molecular complexity index is 1790. The Morgan fingerprint density at radius 3 is 2.02 bits per heavy atom. The summed E-state index contributed by atoms with van der Waals surface area (Å²) >= 11 is 0. The molecule has 1 aliphatic heterocycles. The molecule has 240 valence electrons. The van der Waals surface area contributed by atoms with Crippen LogP contribution in [-0.4, -0.2) is 45.5 Å². The second-order valence-electron chi connectivity index (χ2n) is 11.4. The molecule has 3 N–H and O–H groups in total. The van der Waals surface area contributed by atoms with Gasteiger partial charge in [-0.1, -0.05) is 78.9 Å². The standard InChI is InChI=1S/C20H19NO2.C11H13N.C9H8O3/c1-23-20(22)14-8-6-13(7-9-14)19-18-12-15-4-2-3-5-16(15)17(18)10-11-21-19;12-8-7-10-6-5-9-3-1-2-4-11(9)10;1-12-9(11)8-4-2-7(6-10)3-5-8/h2-9,19,21H,10-12H2,1H3;1-4,6H,5,7-8,12H2;2-6H,1H3. The van der Waals surface area contributed by atoms with Gasteiger partial charge in [-0.2, -0.15) is 0 Å². The minimum atomic E-state index is -0.396. The number of carbonyl (C=O) groups excluding carboxylic acids is 3. The maximum absolute atomic E-state index is 11.6. The quantitative estimate of drug-likeness (QED) is 0.179. The number of esters is 2. The van der Waals surface area contributed by atoms with Crippen molar-refractivity contribution in [1.29, 1.82) is 0 Å². The van der Waals surface area contributed by atoms with E-state index in [1.165, 1.54) is 58.8 Å². The van der Waals surface area contributed by atoms with E-state index in [4.69, 9.17) is 10.5 Å². The van der Waals surface area contributed by atoms with E-state index in [1.54, 1.807) is 24.3 Å². The van der Waals surface area contributed by atoms with Gasteiger partial charge in [0.1, 0.15) is 6.29 Å². The van der Waals surface area contributed by atoms with Crippen molar-refractivity contribution in [1.82, 2.24) is 5.32 Å². The van der Waals surface area contributed by atoms with E-state index in [0.29, 0.717) is 16.7 Å². The highest BCUT2D eigenvalue weighted by molar-refractivity contribution is 5.90. The summed E-state index contributed by atoms with van der Waals surface area (Å²) in [5, 5.41) is 3.63. The van der Waals surface area contributed by atoms with E-state index in [-0.39, 0.29) is 12.0 Å². The summed E-state index contributed by atoms with van der Waals surface area (Å²) in [6.45, 7) is 1.73. The third-order valence-corrected chi connectivity index (χ3v) is 8.66. The predicted molar refractivity (Wildman–Crippen MR) is 185 cm³/mol. The van der Waals surface area contributed by atoms with Gasteiger partial charge in [0.15, 0.2) is 0 Å². The summed E-state index contributed by atoms with van der Waals surface area (Å²) < 4.78 is 9.25. The number of nitrogens with two attached hydrogens (primary N) is 1. The number of rotatable bonds is 6. The van der Waals surface area contributed by atoms with Gasteiger partial charge >= 0.3 is 11.9 Å². The van der Waals surface area contributed by atoms with E-state index in [9.17, 15) is 14.4 Å². The molecule has 0 bridgehead atoms. The van der Waals surface area contributed by atoms with Crippen molar-refractivity contribution in [3.8, 4) is 0 Å². The lowest BCUT2D eigenvalue weighted by Gasteiger charge is -2.27. The van der Waals surface area contributed by atoms with E-state index in [0.717, 1.165) is 45.1 Å². The average molecular weight is 629 g/mol. The minimum absolute atomic E-state index is 0.234. The van der Waals surface area contributed by atoms with Crippen molar-refractivity contribution in [3.63, 3.8) is 0 Å². The normalized spacial score (nSPS) is 15.4. The number of aldehydes is 1. The van der Waals surface area contributed by atoms with Gasteiger partial charge in [-0.05, 0) is 101 Å². The molecule has 1 atom stereocenters. The van der Waals surface area contributed by atoms with E-state index >= 15 is 0 Å². The molecule has 47 heavy (non-hydrogen) atoms. The molecule has 7 heteroatoms.